The molecule has 0 aliphatic rings. The molecule has 0 spiro atoms. The van der Waals surface area contributed by atoms with Crippen molar-refractivity contribution in [2.45, 2.75) is 6.92 Å². The number of likely N-dealkylation sites (N-methyl/N-ethyl adjacent to an activating group) is 1. The van der Waals surface area contributed by atoms with E-state index >= 15 is 0 Å². The summed E-state index contributed by atoms with van der Waals surface area (Å²) in [6, 6.07) is -0.476. The van der Waals surface area contributed by atoms with Crippen molar-refractivity contribution in [1.82, 2.24) is 10.4 Å². The van der Waals surface area contributed by atoms with Gasteiger partial charge in [-0.05, 0) is 6.92 Å². The van der Waals surface area contributed by atoms with Crippen LogP contribution in [-0.4, -0.2) is 55.4 Å². The smallest absolute Gasteiger partial charge is 0.341 e. The molecule has 0 atom stereocenters. The number of urea groups is 1. The minimum Gasteiger partial charge on any atom is -0.479 e. The van der Waals surface area contributed by atoms with Crippen molar-refractivity contribution in [2.75, 3.05) is 33.4 Å². The normalized spacial score (nSPS) is 9.73. The molecule has 15 heavy (non-hydrogen) atoms. The van der Waals surface area contributed by atoms with Gasteiger partial charge in [0.15, 0.2) is 6.61 Å². The number of ether oxygens (including phenoxy) is 1. The lowest BCUT2D eigenvalue weighted by atomic mass is 10.5. The van der Waals surface area contributed by atoms with Gasteiger partial charge in [-0.25, -0.2) is 15.1 Å². The van der Waals surface area contributed by atoms with Crippen LogP contribution in [-0.2, 0) is 14.4 Å². The highest BCUT2D eigenvalue weighted by atomic mass is 16.7. The van der Waals surface area contributed by atoms with Crippen LogP contribution >= 0.6 is 0 Å². The summed E-state index contributed by atoms with van der Waals surface area (Å²) in [4.78, 5) is 27.3. The zero-order valence-corrected chi connectivity index (χ0v) is 8.86. The number of rotatable bonds is 7. The Hall–Kier alpha value is -1.34. The fraction of sp³-hybridized carbons (Fsp3) is 0.750. The van der Waals surface area contributed by atoms with Crippen LogP contribution in [0.5, 0.6) is 0 Å². The molecule has 0 radical (unpaired) electrons. The van der Waals surface area contributed by atoms with Crippen molar-refractivity contribution in [3.63, 3.8) is 0 Å². The lowest BCUT2D eigenvalue weighted by molar-refractivity contribution is -0.144. The average molecular weight is 220 g/mol. The molecule has 0 aromatic rings. The Bertz CT molecular complexity index is 209. The van der Waals surface area contributed by atoms with Gasteiger partial charge in [-0.2, -0.15) is 0 Å². The standard InChI is InChI=1S/C8H16N2O5/c1-3-10(4-5-14-2)8(13)9-15-6-7(11)12/h3-6H2,1-2H3,(H,9,13)(H,11,12). The highest BCUT2D eigenvalue weighted by Crippen LogP contribution is 1.89. The Morgan fingerprint density at radius 1 is 1.47 bits per heavy atom. The zero-order chi connectivity index (χ0) is 11.7. The van der Waals surface area contributed by atoms with Gasteiger partial charge >= 0.3 is 12.0 Å². The van der Waals surface area contributed by atoms with Crippen LogP contribution in [0.25, 0.3) is 0 Å². The molecule has 0 saturated heterocycles. The van der Waals surface area contributed by atoms with Gasteiger partial charge in [0.1, 0.15) is 0 Å². The lowest BCUT2D eigenvalue weighted by Gasteiger charge is -2.20. The van der Waals surface area contributed by atoms with Crippen LogP contribution in [0, 0.1) is 0 Å². The Morgan fingerprint density at radius 2 is 2.13 bits per heavy atom. The quantitative estimate of drug-likeness (QED) is 0.574. The second-order valence-electron chi connectivity index (χ2n) is 2.66. The van der Waals surface area contributed by atoms with Gasteiger partial charge < -0.3 is 14.7 Å². The van der Waals surface area contributed by atoms with Crippen molar-refractivity contribution < 1.29 is 24.3 Å². The second kappa shape index (κ2) is 8.01. The average Bonchev–Trinajstić information content (AvgIpc) is 2.18. The maximum absolute atomic E-state index is 11.3. The predicted molar refractivity (Wildman–Crippen MR) is 51.2 cm³/mol. The SMILES string of the molecule is CCN(CCOC)C(=O)NOCC(=O)O. The van der Waals surface area contributed by atoms with E-state index in [4.69, 9.17) is 9.84 Å². The van der Waals surface area contributed by atoms with Crippen LogP contribution in [0.4, 0.5) is 4.79 Å². The number of carbonyl (C=O) groups excluding carboxylic acids is 1. The third kappa shape index (κ3) is 6.69. The van der Waals surface area contributed by atoms with Crippen LogP contribution in [0.2, 0.25) is 0 Å². The van der Waals surface area contributed by atoms with E-state index in [1.165, 1.54) is 12.0 Å². The maximum Gasteiger partial charge on any atom is 0.341 e. The van der Waals surface area contributed by atoms with Gasteiger partial charge in [0.2, 0.25) is 0 Å². The van der Waals surface area contributed by atoms with Crippen molar-refractivity contribution in [3.8, 4) is 0 Å². The van der Waals surface area contributed by atoms with Crippen molar-refractivity contribution in [3.05, 3.63) is 0 Å². The molecule has 0 aliphatic carbocycles. The summed E-state index contributed by atoms with van der Waals surface area (Å²) in [5.41, 5.74) is 2.02. The Morgan fingerprint density at radius 3 is 2.60 bits per heavy atom. The number of carboxylic acids is 1. The Kier molecular flexibility index (Phi) is 7.29. The summed E-state index contributed by atoms with van der Waals surface area (Å²) < 4.78 is 4.81. The molecule has 2 amide bonds. The largest absolute Gasteiger partial charge is 0.479 e. The number of aliphatic carboxylic acids is 1. The maximum atomic E-state index is 11.3. The minimum atomic E-state index is -1.14. The summed E-state index contributed by atoms with van der Waals surface area (Å²) in [5, 5.41) is 8.25. The molecule has 0 fully saturated rings. The zero-order valence-electron chi connectivity index (χ0n) is 8.86. The third-order valence-corrected chi connectivity index (χ3v) is 1.59. The van der Waals surface area contributed by atoms with Crippen LogP contribution in [0.15, 0.2) is 0 Å². The first-order chi connectivity index (χ1) is 7.11. The summed E-state index contributed by atoms with van der Waals surface area (Å²) in [6.07, 6.45) is 0. The number of methoxy groups -OCH3 is 1. The first kappa shape index (κ1) is 13.7. The monoisotopic (exact) mass is 220 g/mol. The lowest BCUT2D eigenvalue weighted by Crippen LogP contribution is -2.42. The third-order valence-electron chi connectivity index (χ3n) is 1.59. The number of amides is 2. The number of nitrogens with one attached hydrogen (secondary N) is 1. The number of carbonyl (C=O) groups is 2. The van der Waals surface area contributed by atoms with Gasteiger partial charge in [-0.15, -0.1) is 0 Å². The fourth-order valence-corrected chi connectivity index (χ4v) is 0.829. The summed E-state index contributed by atoms with van der Waals surface area (Å²) in [7, 11) is 1.53. The molecule has 0 aliphatic heterocycles. The van der Waals surface area contributed by atoms with Crippen molar-refractivity contribution in [2.24, 2.45) is 0 Å². The molecular weight excluding hydrogens is 204 g/mol. The van der Waals surface area contributed by atoms with Gasteiger partial charge in [-0.1, -0.05) is 0 Å². The van der Waals surface area contributed by atoms with Gasteiger partial charge in [0, 0.05) is 20.2 Å². The number of hydrogen-bond donors (Lipinski definition) is 2. The minimum absolute atomic E-state index is 0.417. The number of hydroxylamine groups is 1. The number of carboxylic acid groups (broad SMARTS) is 1. The molecule has 0 bridgehead atoms. The Balaban J connectivity index is 3.77. The molecule has 0 rings (SSSR count). The van der Waals surface area contributed by atoms with Crippen LogP contribution < -0.4 is 5.48 Å². The van der Waals surface area contributed by atoms with E-state index in [-0.39, 0.29) is 0 Å². The predicted octanol–water partition coefficient (Wildman–Crippen LogP) is -0.319. The topological polar surface area (TPSA) is 88.1 Å². The second-order valence-corrected chi connectivity index (χ2v) is 2.66. The van der Waals surface area contributed by atoms with Crippen molar-refractivity contribution in [1.29, 1.82) is 0 Å². The fourth-order valence-electron chi connectivity index (χ4n) is 0.829. The summed E-state index contributed by atoms with van der Waals surface area (Å²) >= 11 is 0. The molecule has 7 nitrogen and oxygen atoms in total. The molecule has 0 heterocycles. The van der Waals surface area contributed by atoms with E-state index in [1.54, 1.807) is 6.92 Å². The molecule has 0 unspecified atom stereocenters. The van der Waals surface area contributed by atoms with Crippen LogP contribution in [0.3, 0.4) is 0 Å². The molecule has 88 valence electrons. The van der Waals surface area contributed by atoms with Crippen molar-refractivity contribution >= 4 is 12.0 Å². The van der Waals surface area contributed by atoms with E-state index in [0.29, 0.717) is 19.7 Å². The molecule has 0 saturated carbocycles. The summed E-state index contributed by atoms with van der Waals surface area (Å²) in [6.45, 7) is 2.57. The Labute approximate surface area is 87.9 Å². The van der Waals surface area contributed by atoms with Gasteiger partial charge in [0.05, 0.1) is 6.61 Å². The van der Waals surface area contributed by atoms with E-state index < -0.39 is 18.6 Å². The van der Waals surface area contributed by atoms with E-state index in [0.717, 1.165) is 0 Å². The van der Waals surface area contributed by atoms with Gasteiger partial charge in [0.25, 0.3) is 0 Å². The first-order valence-electron chi connectivity index (χ1n) is 4.49. The number of nitrogens with zero attached hydrogens (tertiary/aromatic N) is 1. The number of hydrogen-bond acceptors (Lipinski definition) is 4. The first-order valence-corrected chi connectivity index (χ1v) is 4.49. The highest BCUT2D eigenvalue weighted by Gasteiger charge is 2.11. The molecular formula is C8H16N2O5. The molecule has 0 aromatic carbocycles. The van der Waals surface area contributed by atoms with E-state index in [9.17, 15) is 9.59 Å². The molecule has 0 aromatic heterocycles. The highest BCUT2D eigenvalue weighted by molar-refractivity contribution is 5.73. The summed E-state index contributed by atoms with van der Waals surface area (Å²) in [5.74, 6) is -1.14. The van der Waals surface area contributed by atoms with E-state index in [1.807, 2.05) is 5.48 Å². The molecule has 7 heteroatoms. The van der Waals surface area contributed by atoms with Gasteiger partial charge in [-0.3, -0.25) is 4.84 Å². The molecule has 2 N–H and O–H groups in total. The van der Waals surface area contributed by atoms with E-state index in [2.05, 4.69) is 4.84 Å². The van der Waals surface area contributed by atoms with Crippen LogP contribution in [0.1, 0.15) is 6.92 Å².